The number of benzene rings is 7. The van der Waals surface area contributed by atoms with E-state index in [1.54, 1.807) is 0 Å². The Balaban J connectivity index is 0.920. The second-order valence-corrected chi connectivity index (χ2v) is 27.1. The first-order valence-corrected chi connectivity index (χ1v) is 30.3. The minimum atomic E-state index is -3.21. The Kier molecular flexibility index (Phi) is 10.4. The number of anilines is 2. The van der Waals surface area contributed by atoms with E-state index in [0.717, 1.165) is 57.0 Å². The Morgan fingerprint density at radius 2 is 0.934 bits per heavy atom. The van der Waals surface area contributed by atoms with Crippen molar-refractivity contribution in [3.8, 4) is 39.9 Å². The van der Waals surface area contributed by atoms with Crippen molar-refractivity contribution in [2.75, 3.05) is 9.80 Å². The van der Waals surface area contributed by atoms with Gasteiger partial charge in [-0.3, -0.25) is 8.80 Å². The molecule has 5 unspecified atom stereocenters. The molecule has 6 heterocycles. The third-order valence-corrected chi connectivity index (χ3v) is 23.8. The zero-order valence-electron chi connectivity index (χ0n) is 43.0. The number of piperidine rings is 3. The van der Waals surface area contributed by atoms with E-state index < -0.39 is 8.24 Å². The van der Waals surface area contributed by atoms with Crippen LogP contribution in [0, 0.1) is 23.7 Å². The van der Waals surface area contributed by atoms with Crippen LogP contribution in [0.25, 0.3) is 61.7 Å². The van der Waals surface area contributed by atoms with Crippen LogP contribution in [0.2, 0.25) is 0 Å². The molecule has 372 valence electrons. The minimum Gasteiger partial charge on any atom is -0.366 e. The standard InChI is InChI=1S/C68H62N7Si/c1-3-15-47(16-4-1)48-17-11-18-50(38-48)66-69-67(71-68(70-66)75-64-28-9-7-26-62(64)63-27-8-10-29-65(63)75)51-19-12-24-60(42-51)76(59-22-5-2-6-23-59,61-25-13-20-53(43-61)74-56-34-45-33-46(36-56)37-57(74)35-45)72-32-14-21-55(44-72)73-54-31-30-49-39-58(73)41-52(49)40-54/h1-29,32,38,42-46,49,52,54,56-58H,30-31,33-37,39-41H2/q+1. The molecule has 76 heavy (non-hydrogen) atoms. The van der Waals surface area contributed by atoms with Crippen LogP contribution in [0.5, 0.6) is 0 Å². The van der Waals surface area contributed by atoms with E-state index in [1.165, 1.54) is 102 Å². The number of hydrogen-bond acceptors (Lipinski definition) is 5. The Morgan fingerprint density at radius 1 is 0.395 bits per heavy atom. The molecule has 8 heteroatoms. The number of rotatable bonds is 10. The van der Waals surface area contributed by atoms with Crippen molar-refractivity contribution in [2.45, 2.75) is 88.4 Å². The fourth-order valence-electron chi connectivity index (χ4n) is 16.4. The summed E-state index contributed by atoms with van der Waals surface area (Å²) in [5.74, 6) is 5.46. The average molecular weight is 1010 g/mol. The van der Waals surface area contributed by atoms with E-state index in [9.17, 15) is 0 Å². The Morgan fingerprint density at radius 3 is 1.67 bits per heavy atom. The van der Waals surface area contributed by atoms with Gasteiger partial charge in [-0.25, -0.2) is 4.98 Å². The fourth-order valence-corrected chi connectivity index (χ4v) is 21.0. The summed E-state index contributed by atoms with van der Waals surface area (Å²) in [5.41, 5.74) is 9.09. The van der Waals surface area contributed by atoms with Crippen LogP contribution in [-0.4, -0.2) is 51.9 Å². The van der Waals surface area contributed by atoms with Gasteiger partial charge in [-0.15, -0.1) is 0 Å². The van der Waals surface area contributed by atoms with Gasteiger partial charge in [0.15, 0.2) is 17.8 Å². The quantitative estimate of drug-likeness (QED) is 0.101. The van der Waals surface area contributed by atoms with Crippen LogP contribution >= 0.6 is 0 Å². The number of pyridine rings is 1. The highest BCUT2D eigenvalue weighted by Gasteiger charge is 2.55. The molecule has 7 aliphatic rings. The Bertz CT molecular complexity index is 3770. The monoisotopic (exact) mass is 1000 g/mol. The van der Waals surface area contributed by atoms with Gasteiger partial charge >= 0.3 is 8.24 Å². The third-order valence-electron chi connectivity index (χ3n) is 19.3. The number of hydrogen-bond donors (Lipinski definition) is 0. The van der Waals surface area contributed by atoms with Gasteiger partial charge in [0.25, 0.3) is 0 Å². The van der Waals surface area contributed by atoms with Crippen LogP contribution in [0.3, 0.4) is 0 Å². The largest absolute Gasteiger partial charge is 0.462 e. The molecule has 10 aromatic rings. The maximum absolute atomic E-state index is 5.57. The summed E-state index contributed by atoms with van der Waals surface area (Å²) < 4.78 is 4.95. The van der Waals surface area contributed by atoms with Gasteiger partial charge in [0, 0.05) is 73.4 Å². The summed E-state index contributed by atoms with van der Waals surface area (Å²) >= 11 is 0. The Hall–Kier alpha value is -7.68. The molecule has 4 aliphatic carbocycles. The van der Waals surface area contributed by atoms with E-state index in [2.05, 4.69) is 225 Å². The summed E-state index contributed by atoms with van der Waals surface area (Å²) in [6.45, 7) is 0. The maximum atomic E-state index is 5.57. The first-order valence-electron chi connectivity index (χ1n) is 28.3. The molecule has 3 aliphatic heterocycles. The lowest BCUT2D eigenvalue weighted by Crippen LogP contribution is -2.84. The van der Waals surface area contributed by atoms with Crippen molar-refractivity contribution in [3.05, 3.63) is 207 Å². The summed E-state index contributed by atoms with van der Waals surface area (Å²) in [6, 6.07) is 74.6. The molecule has 7 fully saturated rings. The molecule has 7 nitrogen and oxygen atoms in total. The molecule has 7 bridgehead atoms. The number of nitrogens with zero attached hydrogens (tertiary/aromatic N) is 7. The highest BCUT2D eigenvalue weighted by molar-refractivity contribution is 7.05. The smallest absolute Gasteiger partial charge is 0.366 e. The normalized spacial score (nSPS) is 24.9. The van der Waals surface area contributed by atoms with Crippen molar-refractivity contribution in [3.63, 3.8) is 0 Å². The SMILES string of the molecule is c1ccc(-c2cccc(-c3nc(-c4cccc([Si](c5ccccc5)(c5cccc(N6C7CC8CC(C7)CC6C8)c5)[n+]5cccc(N6C7CCC8CC6CC8C7)c5)c4)nc(-n4c5ccccc5c5ccccc54)n3)c2)cc1. The third kappa shape index (κ3) is 7.12. The number of aromatic nitrogens is 5. The van der Waals surface area contributed by atoms with Gasteiger partial charge in [0.05, 0.1) is 11.0 Å². The zero-order chi connectivity index (χ0) is 49.9. The predicted molar refractivity (Wildman–Crippen MR) is 310 cm³/mol. The van der Waals surface area contributed by atoms with Crippen molar-refractivity contribution >= 4 is 57.0 Å². The lowest BCUT2D eigenvalue weighted by atomic mass is 9.63. The summed E-state index contributed by atoms with van der Waals surface area (Å²) in [7, 11) is -3.21. The van der Waals surface area contributed by atoms with E-state index in [-0.39, 0.29) is 0 Å². The summed E-state index contributed by atoms with van der Waals surface area (Å²) in [4.78, 5) is 22.3. The van der Waals surface area contributed by atoms with Crippen molar-refractivity contribution in [1.82, 2.24) is 19.5 Å². The molecule has 17 rings (SSSR count). The van der Waals surface area contributed by atoms with Gasteiger partial charge in [-0.05, 0) is 141 Å². The predicted octanol–water partition coefficient (Wildman–Crippen LogP) is 12.3. The first kappa shape index (κ1) is 44.6. The lowest BCUT2D eigenvalue weighted by molar-refractivity contribution is -0.538. The molecule has 4 saturated carbocycles. The number of para-hydroxylation sites is 2. The van der Waals surface area contributed by atoms with E-state index in [1.807, 2.05) is 0 Å². The Labute approximate surface area is 446 Å². The molecule has 3 saturated heterocycles. The molecule has 7 aromatic carbocycles. The molecular weight excluding hydrogens is 943 g/mol. The van der Waals surface area contributed by atoms with Crippen molar-refractivity contribution < 1.29 is 4.23 Å². The van der Waals surface area contributed by atoms with E-state index >= 15 is 0 Å². The van der Waals surface area contributed by atoms with Crippen molar-refractivity contribution in [1.29, 1.82) is 0 Å². The highest BCUT2D eigenvalue weighted by atomic mass is 28.3. The van der Waals surface area contributed by atoms with Gasteiger partial charge in [-0.2, -0.15) is 9.97 Å². The summed E-state index contributed by atoms with van der Waals surface area (Å²) in [6.07, 6.45) is 18.4. The molecule has 0 N–H and O–H groups in total. The van der Waals surface area contributed by atoms with Crippen LogP contribution < -0.4 is 29.6 Å². The van der Waals surface area contributed by atoms with Gasteiger partial charge in [-0.1, -0.05) is 146 Å². The maximum Gasteiger partial charge on any atom is 0.462 e. The van der Waals surface area contributed by atoms with Crippen LogP contribution in [0.1, 0.15) is 64.2 Å². The molecule has 5 atom stereocenters. The average Bonchev–Trinajstić information content (AvgIpc) is 4.04. The highest BCUT2D eigenvalue weighted by Crippen LogP contribution is 2.53. The van der Waals surface area contributed by atoms with Crippen LogP contribution in [0.15, 0.2) is 207 Å². The second kappa shape index (κ2) is 17.7. The number of fused-ring (bicyclic) bond motifs is 5. The van der Waals surface area contributed by atoms with E-state index in [4.69, 9.17) is 15.0 Å². The molecule has 0 spiro atoms. The fraction of sp³-hybridized carbons (Fsp3) is 0.265. The van der Waals surface area contributed by atoms with Crippen LogP contribution in [0.4, 0.5) is 11.4 Å². The van der Waals surface area contributed by atoms with Gasteiger partial charge in [0.1, 0.15) is 11.9 Å². The first-order chi connectivity index (χ1) is 37.6. The van der Waals surface area contributed by atoms with Gasteiger partial charge < -0.3 is 9.80 Å². The topological polar surface area (TPSA) is 54.0 Å². The van der Waals surface area contributed by atoms with E-state index in [0.29, 0.717) is 41.8 Å². The second-order valence-electron chi connectivity index (χ2n) is 23.4. The van der Waals surface area contributed by atoms with Crippen LogP contribution in [-0.2, 0) is 0 Å². The molecule has 0 radical (unpaired) electrons. The minimum absolute atomic E-state index is 0.601. The lowest BCUT2D eigenvalue weighted by Gasteiger charge is -2.57. The van der Waals surface area contributed by atoms with Crippen molar-refractivity contribution in [2.24, 2.45) is 23.7 Å². The van der Waals surface area contributed by atoms with Gasteiger partial charge in [0.2, 0.25) is 5.95 Å². The molecular formula is C68H62N7Si+. The molecule has 0 amide bonds. The zero-order valence-corrected chi connectivity index (χ0v) is 44.0. The summed E-state index contributed by atoms with van der Waals surface area (Å²) in [5, 5.41) is 6.38. The molecule has 3 aromatic heterocycles.